The molecule has 1 aromatic carbocycles. The minimum absolute atomic E-state index is 0.252. The van der Waals surface area contributed by atoms with E-state index >= 15 is 0 Å². The zero-order chi connectivity index (χ0) is 19.0. The van der Waals surface area contributed by atoms with Crippen molar-refractivity contribution in [3.05, 3.63) is 34.9 Å². The van der Waals surface area contributed by atoms with Crippen LogP contribution in [0.15, 0.2) is 18.2 Å². The van der Waals surface area contributed by atoms with Crippen LogP contribution in [-0.2, 0) is 9.47 Å². The zero-order valence-electron chi connectivity index (χ0n) is 15.1. The van der Waals surface area contributed by atoms with Crippen LogP contribution in [0.25, 0.3) is 0 Å². The van der Waals surface area contributed by atoms with Gasteiger partial charge in [-0.25, -0.2) is 18.4 Å². The Morgan fingerprint density at radius 1 is 1.28 bits per heavy atom. The van der Waals surface area contributed by atoms with Gasteiger partial charge in [0.1, 0.15) is 5.60 Å². The fourth-order valence-electron chi connectivity index (χ4n) is 2.85. The average molecular weight is 355 g/mol. The molecular formula is C18H23F2NO4. The van der Waals surface area contributed by atoms with E-state index in [1.165, 1.54) is 13.2 Å². The van der Waals surface area contributed by atoms with E-state index in [2.05, 4.69) is 4.74 Å². The van der Waals surface area contributed by atoms with Crippen molar-refractivity contribution in [2.75, 3.05) is 13.7 Å². The monoisotopic (exact) mass is 355 g/mol. The van der Waals surface area contributed by atoms with Crippen molar-refractivity contribution in [1.82, 2.24) is 4.90 Å². The Morgan fingerprint density at radius 3 is 2.48 bits per heavy atom. The van der Waals surface area contributed by atoms with Crippen LogP contribution >= 0.6 is 0 Å². The number of likely N-dealkylation sites (tertiary alicyclic amines) is 1. The highest BCUT2D eigenvalue weighted by atomic mass is 19.3. The molecule has 0 aliphatic carbocycles. The summed E-state index contributed by atoms with van der Waals surface area (Å²) in [7, 11) is 1.25. The molecule has 2 rings (SSSR count). The molecular weight excluding hydrogens is 332 g/mol. The van der Waals surface area contributed by atoms with Gasteiger partial charge in [-0.1, -0.05) is 6.07 Å². The van der Waals surface area contributed by atoms with Gasteiger partial charge in [-0.3, -0.25) is 4.90 Å². The van der Waals surface area contributed by atoms with E-state index in [9.17, 15) is 18.4 Å². The van der Waals surface area contributed by atoms with Crippen molar-refractivity contribution in [3.8, 4) is 0 Å². The van der Waals surface area contributed by atoms with Crippen LogP contribution in [0.3, 0.4) is 0 Å². The van der Waals surface area contributed by atoms with Crippen molar-refractivity contribution < 1.29 is 27.8 Å². The molecule has 1 aromatic rings. The van der Waals surface area contributed by atoms with Gasteiger partial charge in [0.05, 0.1) is 25.3 Å². The van der Waals surface area contributed by atoms with Gasteiger partial charge < -0.3 is 9.47 Å². The highest BCUT2D eigenvalue weighted by Crippen LogP contribution is 2.42. The first-order valence-electron chi connectivity index (χ1n) is 8.00. The molecule has 1 unspecified atom stereocenters. The minimum Gasteiger partial charge on any atom is -0.465 e. The van der Waals surface area contributed by atoms with Crippen LogP contribution in [0.1, 0.15) is 54.7 Å². The first-order valence-corrected chi connectivity index (χ1v) is 8.00. The van der Waals surface area contributed by atoms with E-state index in [0.29, 0.717) is 11.1 Å². The third-order valence-corrected chi connectivity index (χ3v) is 3.96. The molecule has 0 saturated carbocycles. The summed E-state index contributed by atoms with van der Waals surface area (Å²) < 4.78 is 38.0. The Hall–Kier alpha value is -2.18. The molecule has 0 radical (unpaired) electrons. The van der Waals surface area contributed by atoms with Crippen molar-refractivity contribution in [2.24, 2.45) is 0 Å². The molecule has 1 saturated heterocycles. The molecule has 1 atom stereocenters. The number of benzene rings is 1. The maximum atomic E-state index is 14.0. The van der Waals surface area contributed by atoms with E-state index < -0.39 is 42.6 Å². The molecule has 25 heavy (non-hydrogen) atoms. The van der Waals surface area contributed by atoms with Gasteiger partial charge in [-0.2, -0.15) is 0 Å². The van der Waals surface area contributed by atoms with Crippen molar-refractivity contribution in [3.63, 3.8) is 0 Å². The van der Waals surface area contributed by atoms with Gasteiger partial charge in [0.2, 0.25) is 0 Å². The molecule has 138 valence electrons. The van der Waals surface area contributed by atoms with Crippen molar-refractivity contribution in [2.45, 2.75) is 51.7 Å². The number of carbonyl (C=O) groups excluding carboxylic acids is 2. The number of hydrogen-bond donors (Lipinski definition) is 0. The molecule has 1 amide bonds. The topological polar surface area (TPSA) is 55.8 Å². The molecule has 7 heteroatoms. The number of hydrogen-bond acceptors (Lipinski definition) is 4. The molecule has 1 heterocycles. The lowest BCUT2D eigenvalue weighted by atomic mass is 9.96. The van der Waals surface area contributed by atoms with E-state index in [0.717, 1.165) is 4.90 Å². The summed E-state index contributed by atoms with van der Waals surface area (Å²) in [5, 5.41) is 0. The van der Waals surface area contributed by atoms with Gasteiger partial charge in [0.25, 0.3) is 5.92 Å². The number of nitrogens with zero attached hydrogens (tertiary/aromatic N) is 1. The number of esters is 1. The largest absolute Gasteiger partial charge is 0.465 e. The predicted octanol–water partition coefficient (Wildman–Crippen LogP) is 4.10. The van der Waals surface area contributed by atoms with Crippen LogP contribution in [0.4, 0.5) is 13.6 Å². The number of ether oxygens (including phenoxy) is 2. The van der Waals surface area contributed by atoms with Gasteiger partial charge in [-0.05, 0) is 51.0 Å². The smallest absolute Gasteiger partial charge is 0.411 e. The normalized spacial score (nSPS) is 19.6. The number of carbonyl (C=O) groups is 2. The van der Waals surface area contributed by atoms with E-state index in [1.54, 1.807) is 39.8 Å². The Kier molecular flexibility index (Phi) is 5.06. The van der Waals surface area contributed by atoms with E-state index in [-0.39, 0.29) is 5.56 Å². The van der Waals surface area contributed by atoms with Crippen molar-refractivity contribution >= 4 is 12.1 Å². The summed E-state index contributed by atoms with van der Waals surface area (Å²) >= 11 is 0. The summed E-state index contributed by atoms with van der Waals surface area (Å²) in [6, 6.07) is 3.86. The predicted molar refractivity (Wildman–Crippen MR) is 87.8 cm³/mol. The quantitative estimate of drug-likeness (QED) is 0.750. The third kappa shape index (κ3) is 4.46. The van der Waals surface area contributed by atoms with Crippen LogP contribution in [0.2, 0.25) is 0 Å². The Bertz CT molecular complexity index is 682. The summed E-state index contributed by atoms with van der Waals surface area (Å²) in [4.78, 5) is 25.2. The van der Waals surface area contributed by atoms with E-state index in [1.807, 2.05) is 0 Å². The number of aryl methyl sites for hydroxylation is 1. The number of methoxy groups -OCH3 is 1. The number of rotatable bonds is 2. The third-order valence-electron chi connectivity index (χ3n) is 3.96. The summed E-state index contributed by atoms with van der Waals surface area (Å²) in [5.41, 5.74) is 0.667. The zero-order valence-corrected chi connectivity index (χ0v) is 15.1. The molecule has 0 aromatic heterocycles. The van der Waals surface area contributed by atoms with E-state index in [4.69, 9.17) is 4.74 Å². The maximum Gasteiger partial charge on any atom is 0.411 e. The Labute approximate surface area is 145 Å². The molecule has 0 spiro atoms. The van der Waals surface area contributed by atoms with Gasteiger partial charge >= 0.3 is 12.1 Å². The lowest BCUT2D eigenvalue weighted by molar-refractivity contribution is -0.00243. The Balaban J connectivity index is 2.40. The summed E-state index contributed by atoms with van der Waals surface area (Å²) in [5.74, 6) is -3.58. The molecule has 5 nitrogen and oxygen atoms in total. The molecule has 0 bridgehead atoms. The molecule has 1 aliphatic heterocycles. The van der Waals surface area contributed by atoms with Gasteiger partial charge in [0, 0.05) is 6.42 Å². The molecule has 1 fully saturated rings. The average Bonchev–Trinajstić information content (AvgIpc) is 2.81. The standard InChI is InChI=1S/C18H23F2NO4/c1-11-6-7-12(15(22)24-5)8-13(11)14-9-18(19,20)10-21(14)16(23)25-17(2,3)4/h6-8,14H,9-10H2,1-5H3. The van der Waals surface area contributed by atoms with Crippen molar-refractivity contribution in [1.29, 1.82) is 0 Å². The van der Waals surface area contributed by atoms with Gasteiger partial charge in [-0.15, -0.1) is 0 Å². The molecule has 0 N–H and O–H groups in total. The first kappa shape index (κ1) is 19.1. The lowest BCUT2D eigenvalue weighted by Crippen LogP contribution is -2.38. The fraction of sp³-hybridized carbons (Fsp3) is 0.556. The maximum absolute atomic E-state index is 14.0. The number of amides is 1. The van der Waals surface area contributed by atoms with Crippen LogP contribution in [-0.4, -0.2) is 42.1 Å². The lowest BCUT2D eigenvalue weighted by Gasteiger charge is -2.29. The highest BCUT2D eigenvalue weighted by Gasteiger charge is 2.49. The summed E-state index contributed by atoms with van der Waals surface area (Å²) in [6.45, 7) is 6.07. The Morgan fingerprint density at radius 2 is 1.92 bits per heavy atom. The highest BCUT2D eigenvalue weighted by molar-refractivity contribution is 5.89. The molecule has 1 aliphatic rings. The van der Waals surface area contributed by atoms with Crippen LogP contribution in [0, 0.1) is 6.92 Å². The van der Waals surface area contributed by atoms with Crippen LogP contribution in [0.5, 0.6) is 0 Å². The first-order chi connectivity index (χ1) is 11.4. The van der Waals surface area contributed by atoms with Crippen LogP contribution < -0.4 is 0 Å². The number of alkyl halides is 2. The summed E-state index contributed by atoms with van der Waals surface area (Å²) in [6.07, 6.45) is -1.31. The second-order valence-electron chi connectivity index (χ2n) is 7.25. The fourth-order valence-corrected chi connectivity index (χ4v) is 2.85. The second kappa shape index (κ2) is 6.61. The number of halogens is 2. The minimum atomic E-state index is -3.02. The second-order valence-corrected chi connectivity index (χ2v) is 7.25. The van der Waals surface area contributed by atoms with Gasteiger partial charge in [0.15, 0.2) is 0 Å². The SMILES string of the molecule is COC(=O)c1ccc(C)c(C2CC(F)(F)CN2C(=O)OC(C)(C)C)c1.